The predicted octanol–water partition coefficient (Wildman–Crippen LogP) is 3.09. The lowest BCUT2D eigenvalue weighted by molar-refractivity contribution is -0.116. The number of benzene rings is 2. The monoisotopic (exact) mass is 302 g/mol. The molecule has 2 aromatic carbocycles. The Morgan fingerprint density at radius 2 is 2.10 bits per heavy atom. The highest BCUT2D eigenvalue weighted by molar-refractivity contribution is 8.00. The lowest BCUT2D eigenvalue weighted by Crippen LogP contribution is -2.30. The number of thioether (sulfide) groups is 1. The number of anilines is 2. The van der Waals surface area contributed by atoms with Crippen LogP contribution in [0.5, 0.6) is 0 Å². The molecule has 2 aromatic rings. The number of fused-ring (bicyclic) bond motifs is 1. The maximum atomic E-state index is 13.3. The zero-order valence-electron chi connectivity index (χ0n) is 11.4. The topological polar surface area (TPSA) is 46.3 Å². The molecule has 2 N–H and O–H groups in total. The lowest BCUT2D eigenvalue weighted by Gasteiger charge is -2.17. The molecule has 0 spiro atoms. The van der Waals surface area contributed by atoms with Crippen LogP contribution in [0.25, 0.3) is 0 Å². The van der Waals surface area contributed by atoms with Gasteiger partial charge in [0.25, 0.3) is 0 Å². The lowest BCUT2D eigenvalue weighted by atomic mass is 10.2. The van der Waals surface area contributed by atoms with Gasteiger partial charge in [-0.3, -0.25) is 4.79 Å². The van der Waals surface area contributed by atoms with Gasteiger partial charge in [0, 0.05) is 22.8 Å². The van der Waals surface area contributed by atoms with E-state index in [9.17, 15) is 9.18 Å². The van der Waals surface area contributed by atoms with Crippen molar-refractivity contribution in [3.05, 3.63) is 53.8 Å². The first-order chi connectivity index (χ1) is 10.1. The first kappa shape index (κ1) is 13.9. The molecule has 1 aliphatic heterocycles. The highest BCUT2D eigenvalue weighted by Crippen LogP contribution is 2.29. The Bertz CT molecular complexity index is 669. The van der Waals surface area contributed by atoms with Gasteiger partial charge in [0.15, 0.2) is 0 Å². The molecule has 0 fully saturated rings. The van der Waals surface area contributed by atoms with Gasteiger partial charge in [-0.2, -0.15) is 0 Å². The van der Waals surface area contributed by atoms with Crippen LogP contribution in [0.3, 0.4) is 0 Å². The van der Waals surface area contributed by atoms with E-state index in [2.05, 4.69) is 0 Å². The molecule has 0 aliphatic carbocycles. The van der Waals surface area contributed by atoms with Crippen LogP contribution >= 0.6 is 11.8 Å². The van der Waals surface area contributed by atoms with E-state index in [4.69, 9.17) is 5.73 Å². The molecule has 5 heteroatoms. The van der Waals surface area contributed by atoms with Crippen molar-refractivity contribution in [3.8, 4) is 0 Å². The number of hydrogen-bond donors (Lipinski definition) is 1. The van der Waals surface area contributed by atoms with Crippen molar-refractivity contribution in [3.63, 3.8) is 0 Å². The highest BCUT2D eigenvalue weighted by atomic mass is 32.2. The van der Waals surface area contributed by atoms with Crippen molar-refractivity contribution in [1.29, 1.82) is 0 Å². The largest absolute Gasteiger partial charge is 0.399 e. The zero-order valence-corrected chi connectivity index (χ0v) is 12.2. The number of rotatable bonds is 3. The number of amides is 1. The van der Waals surface area contributed by atoms with Gasteiger partial charge in [0.05, 0.1) is 5.75 Å². The minimum atomic E-state index is -0.378. The minimum absolute atomic E-state index is 0.0350. The van der Waals surface area contributed by atoms with Crippen molar-refractivity contribution >= 4 is 29.0 Å². The van der Waals surface area contributed by atoms with E-state index in [1.807, 2.05) is 24.3 Å². The third kappa shape index (κ3) is 3.03. The Morgan fingerprint density at radius 1 is 1.29 bits per heavy atom. The molecule has 1 heterocycles. The van der Waals surface area contributed by atoms with Crippen molar-refractivity contribution in [2.75, 3.05) is 22.9 Å². The Labute approximate surface area is 126 Å². The molecule has 1 amide bonds. The SMILES string of the molecule is Nc1cc(F)cc(SCC(=O)N2CCc3ccccc32)c1. The quantitative estimate of drug-likeness (QED) is 0.700. The summed E-state index contributed by atoms with van der Waals surface area (Å²) in [6, 6.07) is 12.3. The number of nitrogens with zero attached hydrogens (tertiary/aromatic N) is 1. The van der Waals surface area contributed by atoms with Crippen LogP contribution in [-0.2, 0) is 11.2 Å². The molecule has 0 aromatic heterocycles. The van der Waals surface area contributed by atoms with Crippen LogP contribution < -0.4 is 10.6 Å². The summed E-state index contributed by atoms with van der Waals surface area (Å²) in [5, 5.41) is 0. The molecule has 21 heavy (non-hydrogen) atoms. The fourth-order valence-corrected chi connectivity index (χ4v) is 3.35. The van der Waals surface area contributed by atoms with Crippen LogP contribution in [0.15, 0.2) is 47.4 Å². The number of halogens is 1. The predicted molar refractivity (Wildman–Crippen MR) is 84.0 cm³/mol. The zero-order chi connectivity index (χ0) is 14.8. The molecule has 3 rings (SSSR count). The molecule has 0 unspecified atom stereocenters. The van der Waals surface area contributed by atoms with E-state index in [1.54, 1.807) is 11.0 Å². The van der Waals surface area contributed by atoms with Crippen LogP contribution in [0.1, 0.15) is 5.56 Å². The number of nitrogen functional groups attached to an aromatic ring is 1. The van der Waals surface area contributed by atoms with Gasteiger partial charge < -0.3 is 10.6 Å². The summed E-state index contributed by atoms with van der Waals surface area (Å²) in [5.41, 5.74) is 8.16. The summed E-state index contributed by atoms with van der Waals surface area (Å²) < 4.78 is 13.3. The second kappa shape index (κ2) is 5.77. The summed E-state index contributed by atoms with van der Waals surface area (Å²) >= 11 is 1.31. The molecule has 0 atom stereocenters. The van der Waals surface area contributed by atoms with Crippen molar-refractivity contribution in [2.24, 2.45) is 0 Å². The van der Waals surface area contributed by atoms with Crippen LogP contribution in [0.4, 0.5) is 15.8 Å². The van der Waals surface area contributed by atoms with E-state index >= 15 is 0 Å². The Kier molecular flexibility index (Phi) is 3.84. The number of carbonyl (C=O) groups is 1. The van der Waals surface area contributed by atoms with E-state index in [1.165, 1.54) is 29.5 Å². The Morgan fingerprint density at radius 3 is 2.90 bits per heavy atom. The standard InChI is InChI=1S/C16H15FN2OS/c17-12-7-13(18)9-14(8-12)21-10-16(20)19-6-5-11-3-1-2-4-15(11)19/h1-4,7-9H,5-6,10,18H2. The number of nitrogens with two attached hydrogens (primary N) is 1. The van der Waals surface area contributed by atoms with E-state index < -0.39 is 0 Å². The molecular formula is C16H15FN2OS. The first-order valence-electron chi connectivity index (χ1n) is 6.70. The highest BCUT2D eigenvalue weighted by Gasteiger charge is 2.23. The molecule has 1 aliphatic rings. The number of para-hydroxylation sites is 1. The van der Waals surface area contributed by atoms with Crippen LogP contribution in [0.2, 0.25) is 0 Å². The second-order valence-corrected chi connectivity index (χ2v) is 5.98. The van der Waals surface area contributed by atoms with E-state index in [0.717, 1.165) is 12.1 Å². The van der Waals surface area contributed by atoms with Gasteiger partial charge in [-0.15, -0.1) is 11.8 Å². The first-order valence-corrected chi connectivity index (χ1v) is 7.69. The van der Waals surface area contributed by atoms with Gasteiger partial charge >= 0.3 is 0 Å². The van der Waals surface area contributed by atoms with Crippen molar-refractivity contribution in [1.82, 2.24) is 0 Å². The summed E-state index contributed by atoms with van der Waals surface area (Å²) in [5.74, 6) is -0.0683. The van der Waals surface area contributed by atoms with Gasteiger partial charge in [-0.05, 0) is 36.2 Å². The molecular weight excluding hydrogens is 287 g/mol. The summed E-state index contributed by atoms with van der Waals surface area (Å²) in [6.07, 6.45) is 0.888. The average Bonchev–Trinajstić information content (AvgIpc) is 2.88. The van der Waals surface area contributed by atoms with Crippen molar-refractivity contribution < 1.29 is 9.18 Å². The Hall–Kier alpha value is -2.01. The van der Waals surface area contributed by atoms with E-state index in [-0.39, 0.29) is 17.5 Å². The third-order valence-corrected chi connectivity index (χ3v) is 4.40. The molecule has 108 valence electrons. The summed E-state index contributed by atoms with van der Waals surface area (Å²) in [4.78, 5) is 14.8. The van der Waals surface area contributed by atoms with Gasteiger partial charge in [-0.25, -0.2) is 4.39 Å². The maximum Gasteiger partial charge on any atom is 0.237 e. The van der Waals surface area contributed by atoms with Crippen LogP contribution in [0, 0.1) is 5.82 Å². The fourth-order valence-electron chi connectivity index (χ4n) is 2.49. The summed E-state index contributed by atoms with van der Waals surface area (Å²) in [7, 11) is 0. The molecule has 3 nitrogen and oxygen atoms in total. The van der Waals surface area contributed by atoms with Gasteiger partial charge in [0.1, 0.15) is 5.82 Å². The number of hydrogen-bond acceptors (Lipinski definition) is 3. The maximum absolute atomic E-state index is 13.3. The number of carbonyl (C=O) groups excluding carboxylic acids is 1. The summed E-state index contributed by atoms with van der Waals surface area (Å²) in [6.45, 7) is 0.712. The average molecular weight is 302 g/mol. The van der Waals surface area contributed by atoms with Gasteiger partial charge in [0.2, 0.25) is 5.91 Å². The molecule has 0 radical (unpaired) electrons. The molecule has 0 saturated carbocycles. The minimum Gasteiger partial charge on any atom is -0.399 e. The normalized spacial score (nSPS) is 13.3. The second-order valence-electron chi connectivity index (χ2n) is 4.93. The van der Waals surface area contributed by atoms with Crippen molar-refractivity contribution in [2.45, 2.75) is 11.3 Å². The van der Waals surface area contributed by atoms with Gasteiger partial charge in [-0.1, -0.05) is 18.2 Å². The third-order valence-electron chi connectivity index (χ3n) is 3.44. The van der Waals surface area contributed by atoms with Crippen LogP contribution in [-0.4, -0.2) is 18.2 Å². The Balaban J connectivity index is 1.68. The fraction of sp³-hybridized carbons (Fsp3) is 0.188. The molecule has 0 bridgehead atoms. The van der Waals surface area contributed by atoms with E-state index in [0.29, 0.717) is 17.1 Å². The smallest absolute Gasteiger partial charge is 0.237 e. The molecule has 0 saturated heterocycles.